The van der Waals surface area contributed by atoms with Gasteiger partial charge in [0.1, 0.15) is 0 Å². The monoisotopic (exact) mass is 208 g/mol. The first kappa shape index (κ1) is 10.7. The fourth-order valence-corrected chi connectivity index (χ4v) is 3.27. The Labute approximate surface area is 91.7 Å². The van der Waals surface area contributed by atoms with Gasteiger partial charge in [-0.15, -0.1) is 0 Å². The lowest BCUT2D eigenvalue weighted by molar-refractivity contribution is -0.145. The van der Waals surface area contributed by atoms with Crippen molar-refractivity contribution in [3.05, 3.63) is 12.8 Å². The van der Waals surface area contributed by atoms with E-state index >= 15 is 0 Å². The van der Waals surface area contributed by atoms with Crippen LogP contribution in [0, 0.1) is 17.8 Å². The van der Waals surface area contributed by atoms with Gasteiger partial charge in [-0.05, 0) is 31.1 Å². The number of carbonyl (C=O) groups is 1. The normalized spacial score (nSPS) is 35.3. The quantitative estimate of drug-likeness (QED) is 0.514. The smallest absolute Gasteiger partial charge is 0.313 e. The van der Waals surface area contributed by atoms with E-state index in [9.17, 15) is 4.79 Å². The lowest BCUT2D eigenvalue weighted by Crippen LogP contribution is -2.31. The van der Waals surface area contributed by atoms with Crippen LogP contribution in [0.2, 0.25) is 0 Å². The van der Waals surface area contributed by atoms with Gasteiger partial charge in [-0.3, -0.25) is 4.79 Å². The van der Waals surface area contributed by atoms with Crippen molar-refractivity contribution in [1.29, 1.82) is 0 Å². The summed E-state index contributed by atoms with van der Waals surface area (Å²) >= 11 is 0. The fraction of sp³-hybridized carbons (Fsp3) is 0.769. The third kappa shape index (κ3) is 2.42. The third-order valence-electron chi connectivity index (χ3n) is 4.07. The molecule has 0 N–H and O–H groups in total. The molecule has 15 heavy (non-hydrogen) atoms. The molecule has 0 amide bonds. The van der Waals surface area contributed by atoms with Crippen LogP contribution in [-0.2, 0) is 9.53 Å². The number of rotatable bonds is 2. The second-order valence-corrected chi connectivity index (χ2v) is 4.92. The van der Waals surface area contributed by atoms with Crippen LogP contribution in [0.3, 0.4) is 0 Å². The molecular weight excluding hydrogens is 188 g/mol. The lowest BCUT2D eigenvalue weighted by atomic mass is 9.67. The van der Waals surface area contributed by atoms with Crippen LogP contribution in [-0.4, -0.2) is 5.97 Å². The number of esters is 1. The van der Waals surface area contributed by atoms with E-state index in [-0.39, 0.29) is 11.9 Å². The number of hydrogen-bond donors (Lipinski definition) is 0. The summed E-state index contributed by atoms with van der Waals surface area (Å²) in [4.78, 5) is 11.6. The Morgan fingerprint density at radius 1 is 1.13 bits per heavy atom. The van der Waals surface area contributed by atoms with Crippen LogP contribution in [0.5, 0.6) is 0 Å². The molecule has 0 aromatic heterocycles. The standard InChI is InChI=1S/C13H20O2/c1-2-15-13(14)12-8-7-10-5-3-4-6-11(10)9-12/h2,10-12H,1,3-9H2. The van der Waals surface area contributed by atoms with E-state index in [1.807, 2.05) is 0 Å². The highest BCUT2D eigenvalue weighted by Crippen LogP contribution is 2.42. The zero-order valence-electron chi connectivity index (χ0n) is 9.28. The summed E-state index contributed by atoms with van der Waals surface area (Å²) in [5.41, 5.74) is 0. The molecule has 2 aliphatic rings. The molecule has 0 aliphatic heterocycles. The first-order valence-corrected chi connectivity index (χ1v) is 6.12. The van der Waals surface area contributed by atoms with Crippen LogP contribution in [0.25, 0.3) is 0 Å². The molecule has 0 heterocycles. The van der Waals surface area contributed by atoms with Crippen molar-refractivity contribution in [3.8, 4) is 0 Å². The van der Waals surface area contributed by atoms with Gasteiger partial charge in [-0.2, -0.15) is 0 Å². The SMILES string of the molecule is C=COC(=O)C1CCC2CCCCC2C1. The molecule has 2 rings (SSSR count). The number of carbonyl (C=O) groups excluding carboxylic acids is 1. The van der Waals surface area contributed by atoms with Crippen LogP contribution >= 0.6 is 0 Å². The first-order chi connectivity index (χ1) is 7.31. The molecule has 2 heteroatoms. The van der Waals surface area contributed by atoms with E-state index in [0.29, 0.717) is 0 Å². The molecule has 3 unspecified atom stereocenters. The average molecular weight is 208 g/mol. The first-order valence-electron chi connectivity index (χ1n) is 6.12. The van der Waals surface area contributed by atoms with Gasteiger partial charge in [0, 0.05) is 0 Å². The molecule has 0 saturated heterocycles. The van der Waals surface area contributed by atoms with Gasteiger partial charge in [0.05, 0.1) is 12.2 Å². The van der Waals surface area contributed by atoms with Gasteiger partial charge < -0.3 is 4.74 Å². The van der Waals surface area contributed by atoms with Crippen molar-refractivity contribution in [3.63, 3.8) is 0 Å². The van der Waals surface area contributed by atoms with Crippen molar-refractivity contribution in [1.82, 2.24) is 0 Å². The van der Waals surface area contributed by atoms with Gasteiger partial charge in [0.25, 0.3) is 0 Å². The Morgan fingerprint density at radius 2 is 1.87 bits per heavy atom. The lowest BCUT2D eigenvalue weighted by Gasteiger charge is -2.38. The minimum Gasteiger partial charge on any atom is -0.435 e. The van der Waals surface area contributed by atoms with E-state index in [1.165, 1.54) is 38.4 Å². The highest BCUT2D eigenvalue weighted by molar-refractivity contribution is 5.73. The molecule has 2 fully saturated rings. The Hall–Kier alpha value is -0.790. The van der Waals surface area contributed by atoms with Crippen molar-refractivity contribution >= 4 is 5.97 Å². The number of fused-ring (bicyclic) bond motifs is 1. The topological polar surface area (TPSA) is 26.3 Å². The molecule has 3 atom stereocenters. The van der Waals surface area contributed by atoms with E-state index in [1.54, 1.807) is 0 Å². The largest absolute Gasteiger partial charge is 0.435 e. The summed E-state index contributed by atoms with van der Waals surface area (Å²) in [5, 5.41) is 0. The van der Waals surface area contributed by atoms with Gasteiger partial charge in [0.2, 0.25) is 0 Å². The Morgan fingerprint density at radius 3 is 2.60 bits per heavy atom. The molecule has 0 spiro atoms. The zero-order valence-corrected chi connectivity index (χ0v) is 9.28. The minimum atomic E-state index is -0.0611. The number of hydrogen-bond acceptors (Lipinski definition) is 2. The molecule has 0 radical (unpaired) electrons. The molecule has 2 aliphatic carbocycles. The minimum absolute atomic E-state index is 0.0611. The fourth-order valence-electron chi connectivity index (χ4n) is 3.27. The van der Waals surface area contributed by atoms with E-state index in [0.717, 1.165) is 24.7 Å². The molecule has 2 saturated carbocycles. The third-order valence-corrected chi connectivity index (χ3v) is 4.07. The maximum absolute atomic E-state index is 11.6. The highest BCUT2D eigenvalue weighted by Gasteiger charge is 2.35. The summed E-state index contributed by atoms with van der Waals surface area (Å²) in [6.07, 6.45) is 10.0. The average Bonchev–Trinajstić information content (AvgIpc) is 2.29. The van der Waals surface area contributed by atoms with Gasteiger partial charge in [-0.25, -0.2) is 0 Å². The van der Waals surface area contributed by atoms with E-state index in [2.05, 4.69) is 6.58 Å². The van der Waals surface area contributed by atoms with Gasteiger partial charge in [0.15, 0.2) is 0 Å². The zero-order chi connectivity index (χ0) is 10.7. The van der Waals surface area contributed by atoms with Gasteiger partial charge in [-0.1, -0.05) is 32.3 Å². The summed E-state index contributed by atoms with van der Waals surface area (Å²) in [6.45, 7) is 3.43. The van der Waals surface area contributed by atoms with Crippen LogP contribution in [0.1, 0.15) is 44.9 Å². The van der Waals surface area contributed by atoms with E-state index in [4.69, 9.17) is 4.74 Å². The van der Waals surface area contributed by atoms with Crippen LogP contribution in [0.15, 0.2) is 12.8 Å². The van der Waals surface area contributed by atoms with Crippen molar-refractivity contribution in [2.75, 3.05) is 0 Å². The second kappa shape index (κ2) is 4.82. The second-order valence-electron chi connectivity index (χ2n) is 4.92. The Balaban J connectivity index is 1.90. The maximum atomic E-state index is 11.6. The van der Waals surface area contributed by atoms with Crippen molar-refractivity contribution < 1.29 is 9.53 Å². The Kier molecular flexibility index (Phi) is 3.45. The molecular formula is C13H20O2. The highest BCUT2D eigenvalue weighted by atomic mass is 16.5. The molecule has 2 nitrogen and oxygen atoms in total. The van der Waals surface area contributed by atoms with Gasteiger partial charge >= 0.3 is 5.97 Å². The predicted molar refractivity (Wildman–Crippen MR) is 59.1 cm³/mol. The Bertz CT molecular complexity index is 247. The van der Waals surface area contributed by atoms with Crippen LogP contribution < -0.4 is 0 Å². The van der Waals surface area contributed by atoms with Crippen molar-refractivity contribution in [2.24, 2.45) is 17.8 Å². The summed E-state index contributed by atoms with van der Waals surface area (Å²) < 4.78 is 4.89. The van der Waals surface area contributed by atoms with E-state index < -0.39 is 0 Å². The molecule has 0 aromatic rings. The molecule has 0 aromatic carbocycles. The maximum Gasteiger partial charge on any atom is 0.313 e. The van der Waals surface area contributed by atoms with Crippen molar-refractivity contribution in [2.45, 2.75) is 44.9 Å². The summed E-state index contributed by atoms with van der Waals surface area (Å²) in [7, 11) is 0. The summed E-state index contributed by atoms with van der Waals surface area (Å²) in [6, 6.07) is 0. The predicted octanol–water partition coefficient (Wildman–Crippen LogP) is 3.28. The van der Waals surface area contributed by atoms with Crippen LogP contribution in [0.4, 0.5) is 0 Å². The number of ether oxygens (including phenoxy) is 1. The summed E-state index contributed by atoms with van der Waals surface area (Å²) in [5.74, 6) is 1.76. The molecule has 84 valence electrons. The molecule has 0 bridgehead atoms.